The first-order chi connectivity index (χ1) is 4.41. The molecule has 0 aromatic rings. The smallest absolute Gasteiger partial charge is 0.0622 e. The van der Waals surface area contributed by atoms with Gasteiger partial charge in [0, 0.05) is 12.2 Å². The highest BCUT2D eigenvalue weighted by Gasteiger charge is 1.86. The summed E-state index contributed by atoms with van der Waals surface area (Å²) in [4.78, 5) is 0. The molecule has 0 rings (SSSR count). The first-order valence-corrected chi connectivity index (χ1v) is 4.13. The van der Waals surface area contributed by atoms with Gasteiger partial charge in [0.05, 0.1) is 12.7 Å². The largest absolute Gasteiger partial charge is 0.396 e. The van der Waals surface area contributed by atoms with Crippen molar-refractivity contribution in [3.05, 3.63) is 0 Å². The van der Waals surface area contributed by atoms with Gasteiger partial charge in [0.25, 0.3) is 0 Å². The van der Waals surface area contributed by atoms with E-state index in [-0.39, 0.29) is 6.61 Å². The third kappa shape index (κ3) is 7.80. The molecular formula is C6H11NOS. The molecule has 0 saturated heterocycles. The van der Waals surface area contributed by atoms with E-state index in [2.05, 4.69) is 6.07 Å². The van der Waals surface area contributed by atoms with E-state index in [9.17, 15) is 0 Å². The van der Waals surface area contributed by atoms with Crippen LogP contribution in [0.5, 0.6) is 0 Å². The maximum Gasteiger partial charge on any atom is 0.0622 e. The third-order valence-electron chi connectivity index (χ3n) is 0.813. The molecule has 9 heavy (non-hydrogen) atoms. The summed E-state index contributed by atoms with van der Waals surface area (Å²) in [7, 11) is 0. The van der Waals surface area contributed by atoms with Crippen LogP contribution in [0.3, 0.4) is 0 Å². The van der Waals surface area contributed by atoms with Crippen molar-refractivity contribution in [3.63, 3.8) is 0 Å². The van der Waals surface area contributed by atoms with E-state index in [1.54, 1.807) is 11.8 Å². The zero-order valence-electron chi connectivity index (χ0n) is 5.34. The van der Waals surface area contributed by atoms with Crippen LogP contribution in [0.2, 0.25) is 0 Å². The van der Waals surface area contributed by atoms with Crippen molar-refractivity contribution < 1.29 is 5.11 Å². The summed E-state index contributed by atoms with van der Waals surface area (Å²) >= 11 is 1.69. The lowest BCUT2D eigenvalue weighted by Gasteiger charge is -1.93. The molecule has 0 aliphatic heterocycles. The van der Waals surface area contributed by atoms with Crippen molar-refractivity contribution in [2.75, 3.05) is 18.1 Å². The summed E-state index contributed by atoms with van der Waals surface area (Å²) in [6.45, 7) is 0.247. The molecular weight excluding hydrogens is 134 g/mol. The van der Waals surface area contributed by atoms with Crippen LogP contribution in [0.25, 0.3) is 0 Å². The first kappa shape index (κ1) is 8.80. The van der Waals surface area contributed by atoms with Crippen molar-refractivity contribution in [2.24, 2.45) is 0 Å². The lowest BCUT2D eigenvalue weighted by molar-refractivity contribution is 0.322. The average molecular weight is 145 g/mol. The molecule has 0 aromatic heterocycles. The number of aliphatic hydroxyl groups is 1. The maximum absolute atomic E-state index is 8.34. The standard InChI is InChI=1S/C6H11NOS/c7-3-1-2-5-9-6-4-8/h8H,1-2,4-6H2. The Morgan fingerprint density at radius 1 is 1.44 bits per heavy atom. The number of hydrogen-bond donors (Lipinski definition) is 1. The normalized spacial score (nSPS) is 8.89. The van der Waals surface area contributed by atoms with Crippen LogP contribution in [0, 0.1) is 11.3 Å². The highest BCUT2D eigenvalue weighted by atomic mass is 32.2. The van der Waals surface area contributed by atoms with Gasteiger partial charge in [-0.2, -0.15) is 17.0 Å². The van der Waals surface area contributed by atoms with Crippen molar-refractivity contribution in [1.82, 2.24) is 0 Å². The number of rotatable bonds is 5. The minimum atomic E-state index is 0.247. The van der Waals surface area contributed by atoms with Gasteiger partial charge >= 0.3 is 0 Å². The number of thioether (sulfide) groups is 1. The van der Waals surface area contributed by atoms with Crippen molar-refractivity contribution in [3.8, 4) is 6.07 Å². The van der Waals surface area contributed by atoms with Gasteiger partial charge in [-0.05, 0) is 12.2 Å². The summed E-state index contributed by atoms with van der Waals surface area (Å²) in [5, 5.41) is 16.5. The summed E-state index contributed by atoms with van der Waals surface area (Å²) in [5.41, 5.74) is 0. The van der Waals surface area contributed by atoms with Crippen LogP contribution < -0.4 is 0 Å². The minimum absolute atomic E-state index is 0.247. The minimum Gasteiger partial charge on any atom is -0.396 e. The molecule has 0 bridgehead atoms. The molecule has 0 atom stereocenters. The predicted molar refractivity (Wildman–Crippen MR) is 39.3 cm³/mol. The van der Waals surface area contributed by atoms with Gasteiger partial charge in [-0.25, -0.2) is 0 Å². The molecule has 0 amide bonds. The molecule has 0 unspecified atom stereocenters. The second-order valence-electron chi connectivity index (χ2n) is 1.60. The molecule has 0 spiro atoms. The molecule has 0 saturated carbocycles. The van der Waals surface area contributed by atoms with Crippen molar-refractivity contribution in [2.45, 2.75) is 12.8 Å². The Balaban J connectivity index is 2.69. The van der Waals surface area contributed by atoms with Gasteiger partial charge in [0.2, 0.25) is 0 Å². The van der Waals surface area contributed by atoms with Crippen LogP contribution in [-0.4, -0.2) is 23.2 Å². The van der Waals surface area contributed by atoms with E-state index in [1.165, 1.54) is 0 Å². The molecule has 0 heterocycles. The fourth-order valence-corrected chi connectivity index (χ4v) is 1.10. The number of hydrogen-bond acceptors (Lipinski definition) is 3. The molecule has 0 fully saturated rings. The quantitative estimate of drug-likeness (QED) is 0.587. The molecule has 3 heteroatoms. The number of nitrogens with zero attached hydrogens (tertiary/aromatic N) is 1. The van der Waals surface area contributed by atoms with E-state index in [0.29, 0.717) is 6.42 Å². The van der Waals surface area contributed by atoms with Gasteiger partial charge in [-0.3, -0.25) is 0 Å². The van der Waals surface area contributed by atoms with E-state index < -0.39 is 0 Å². The lowest BCUT2D eigenvalue weighted by atomic mass is 10.4. The zero-order chi connectivity index (χ0) is 6.95. The molecule has 0 aliphatic carbocycles. The van der Waals surface area contributed by atoms with Gasteiger partial charge in [0.15, 0.2) is 0 Å². The second-order valence-corrected chi connectivity index (χ2v) is 2.82. The number of aliphatic hydroxyl groups excluding tert-OH is 1. The fourth-order valence-electron chi connectivity index (χ4n) is 0.420. The molecule has 52 valence electrons. The Hall–Kier alpha value is -0.200. The molecule has 0 aromatic carbocycles. The maximum atomic E-state index is 8.34. The van der Waals surface area contributed by atoms with Crippen LogP contribution in [0.4, 0.5) is 0 Å². The summed E-state index contributed by atoms with van der Waals surface area (Å²) in [6, 6.07) is 2.07. The van der Waals surface area contributed by atoms with E-state index >= 15 is 0 Å². The van der Waals surface area contributed by atoms with Gasteiger partial charge in [0.1, 0.15) is 0 Å². The summed E-state index contributed by atoms with van der Waals surface area (Å²) < 4.78 is 0. The van der Waals surface area contributed by atoms with Crippen LogP contribution in [-0.2, 0) is 0 Å². The lowest BCUT2D eigenvalue weighted by Crippen LogP contribution is -1.87. The highest BCUT2D eigenvalue weighted by Crippen LogP contribution is 2.02. The molecule has 0 aliphatic rings. The SMILES string of the molecule is N#CCCCSCCO. The molecule has 0 radical (unpaired) electrons. The zero-order valence-corrected chi connectivity index (χ0v) is 6.15. The molecule has 2 nitrogen and oxygen atoms in total. The summed E-state index contributed by atoms with van der Waals surface area (Å²) in [5.74, 6) is 1.79. The van der Waals surface area contributed by atoms with E-state index in [1.807, 2.05) is 0 Å². The van der Waals surface area contributed by atoms with E-state index in [4.69, 9.17) is 10.4 Å². The summed E-state index contributed by atoms with van der Waals surface area (Å²) in [6.07, 6.45) is 1.58. The van der Waals surface area contributed by atoms with Crippen LogP contribution in [0.1, 0.15) is 12.8 Å². The Morgan fingerprint density at radius 2 is 2.22 bits per heavy atom. The fraction of sp³-hybridized carbons (Fsp3) is 0.833. The van der Waals surface area contributed by atoms with E-state index in [0.717, 1.165) is 17.9 Å². The van der Waals surface area contributed by atoms with Crippen molar-refractivity contribution >= 4 is 11.8 Å². The third-order valence-corrected chi connectivity index (χ3v) is 1.86. The van der Waals surface area contributed by atoms with Crippen molar-refractivity contribution in [1.29, 1.82) is 5.26 Å². The van der Waals surface area contributed by atoms with Gasteiger partial charge in [-0.1, -0.05) is 0 Å². The topological polar surface area (TPSA) is 44.0 Å². The highest BCUT2D eigenvalue weighted by molar-refractivity contribution is 7.99. The van der Waals surface area contributed by atoms with Crippen LogP contribution in [0.15, 0.2) is 0 Å². The number of unbranched alkanes of at least 4 members (excludes halogenated alkanes) is 1. The Labute approximate surface area is 59.9 Å². The Bertz CT molecular complexity index is 89.5. The Morgan fingerprint density at radius 3 is 2.78 bits per heavy atom. The van der Waals surface area contributed by atoms with Gasteiger partial charge in [-0.15, -0.1) is 0 Å². The number of nitriles is 1. The molecule has 1 N–H and O–H groups in total. The first-order valence-electron chi connectivity index (χ1n) is 2.97. The predicted octanol–water partition coefficient (Wildman–Crippen LogP) is 1.02. The Kier molecular flexibility index (Phi) is 7.63. The van der Waals surface area contributed by atoms with Gasteiger partial charge < -0.3 is 5.11 Å². The second kappa shape index (κ2) is 7.80. The van der Waals surface area contributed by atoms with Crippen LogP contribution >= 0.6 is 11.8 Å². The monoisotopic (exact) mass is 145 g/mol. The average Bonchev–Trinajstić information content (AvgIpc) is 1.89.